The molecule has 0 spiro atoms. The Morgan fingerprint density at radius 1 is 0.966 bits per heavy atom. The molecule has 158 valence electrons. The predicted octanol–water partition coefficient (Wildman–Crippen LogP) is 3.15. The fourth-order valence-electron chi connectivity index (χ4n) is 4.99. The Balaban J connectivity index is 1.30. The zero-order valence-electron chi connectivity index (χ0n) is 17.8. The molecule has 2 amide bonds. The average Bonchev–Trinajstić information content (AvgIpc) is 3.63. The topological polar surface area (TPSA) is 43.9 Å². The molecular weight excluding hydrogens is 362 g/mol. The number of hydrogen-bond donors (Lipinski definition) is 0. The first-order chi connectivity index (χ1) is 14.2. The summed E-state index contributed by atoms with van der Waals surface area (Å²) < 4.78 is 0. The molecule has 2 saturated heterocycles. The van der Waals surface area contributed by atoms with Gasteiger partial charge >= 0.3 is 0 Å². The number of amides is 2. The van der Waals surface area contributed by atoms with E-state index in [1.54, 1.807) is 0 Å². The highest BCUT2D eigenvalue weighted by Gasteiger charge is 2.37. The summed E-state index contributed by atoms with van der Waals surface area (Å²) in [5, 5.41) is 0. The van der Waals surface area contributed by atoms with Gasteiger partial charge in [-0.15, -0.1) is 0 Å². The van der Waals surface area contributed by atoms with E-state index in [0.717, 1.165) is 71.2 Å². The van der Waals surface area contributed by atoms with Gasteiger partial charge in [0, 0.05) is 44.7 Å². The van der Waals surface area contributed by atoms with Crippen molar-refractivity contribution in [2.24, 2.45) is 11.8 Å². The molecule has 0 unspecified atom stereocenters. The van der Waals surface area contributed by atoms with Gasteiger partial charge in [-0.25, -0.2) is 0 Å². The van der Waals surface area contributed by atoms with Crippen molar-refractivity contribution in [3.05, 3.63) is 35.9 Å². The third kappa shape index (κ3) is 5.00. The summed E-state index contributed by atoms with van der Waals surface area (Å²) in [5.41, 5.74) is 1.20. The van der Waals surface area contributed by atoms with Gasteiger partial charge in [0.05, 0.1) is 5.92 Å². The van der Waals surface area contributed by atoms with Gasteiger partial charge in [0.25, 0.3) is 0 Å². The number of hydrogen-bond acceptors (Lipinski definition) is 3. The second-order valence-electron chi connectivity index (χ2n) is 9.00. The van der Waals surface area contributed by atoms with Gasteiger partial charge in [-0.3, -0.25) is 14.5 Å². The number of benzene rings is 1. The molecule has 1 atom stereocenters. The van der Waals surface area contributed by atoms with Crippen LogP contribution in [0.3, 0.4) is 0 Å². The summed E-state index contributed by atoms with van der Waals surface area (Å²) in [6.45, 7) is 7.30. The monoisotopic (exact) mass is 397 g/mol. The molecule has 1 aliphatic carbocycles. The van der Waals surface area contributed by atoms with E-state index in [2.05, 4.69) is 28.9 Å². The number of nitrogens with zero attached hydrogens (tertiary/aromatic N) is 3. The lowest BCUT2D eigenvalue weighted by molar-refractivity contribution is -0.138. The molecule has 2 aliphatic heterocycles. The normalized spacial score (nSPS) is 23.8. The van der Waals surface area contributed by atoms with Crippen LogP contribution in [0.5, 0.6) is 0 Å². The predicted molar refractivity (Wildman–Crippen MR) is 114 cm³/mol. The largest absolute Gasteiger partial charge is 0.342 e. The fraction of sp³-hybridized carbons (Fsp3) is 0.667. The van der Waals surface area contributed by atoms with E-state index < -0.39 is 0 Å². The molecule has 0 radical (unpaired) electrons. The van der Waals surface area contributed by atoms with Crippen LogP contribution >= 0.6 is 0 Å². The minimum absolute atomic E-state index is 0.110. The molecule has 1 saturated carbocycles. The Kier molecular flexibility index (Phi) is 6.53. The van der Waals surface area contributed by atoms with Crippen molar-refractivity contribution in [2.75, 3.05) is 32.7 Å². The van der Waals surface area contributed by atoms with Crippen LogP contribution in [0, 0.1) is 11.8 Å². The third-order valence-corrected chi connectivity index (χ3v) is 6.93. The Morgan fingerprint density at radius 3 is 2.34 bits per heavy atom. The maximum atomic E-state index is 13.2. The zero-order chi connectivity index (χ0) is 20.2. The first-order valence-corrected chi connectivity index (χ1v) is 11.5. The van der Waals surface area contributed by atoms with Crippen LogP contribution in [-0.4, -0.2) is 65.3 Å². The van der Waals surface area contributed by atoms with Crippen molar-refractivity contribution in [2.45, 2.75) is 58.0 Å². The summed E-state index contributed by atoms with van der Waals surface area (Å²) in [6, 6.07) is 10.8. The van der Waals surface area contributed by atoms with Crippen LogP contribution in [0.2, 0.25) is 0 Å². The molecule has 5 nitrogen and oxygen atoms in total. The molecule has 5 heteroatoms. The Bertz CT molecular complexity index is 695. The van der Waals surface area contributed by atoms with Crippen LogP contribution in [0.1, 0.15) is 51.0 Å². The lowest BCUT2D eigenvalue weighted by Crippen LogP contribution is -2.52. The van der Waals surface area contributed by atoms with Gasteiger partial charge in [0.2, 0.25) is 11.8 Å². The SMILES string of the molecule is CCN(Cc1ccccc1)C(=O)[C@@H]1CCCN(C2CCN(C(=O)C3CC3)CC2)C1. The molecule has 1 aromatic rings. The van der Waals surface area contributed by atoms with E-state index in [-0.39, 0.29) is 5.92 Å². The van der Waals surface area contributed by atoms with Crippen molar-refractivity contribution in [1.82, 2.24) is 14.7 Å². The minimum atomic E-state index is 0.110. The van der Waals surface area contributed by atoms with E-state index in [1.165, 1.54) is 5.56 Å². The molecule has 0 aromatic heterocycles. The highest BCUT2D eigenvalue weighted by molar-refractivity contribution is 5.81. The summed E-state index contributed by atoms with van der Waals surface area (Å²) >= 11 is 0. The van der Waals surface area contributed by atoms with Gasteiger partial charge in [0.1, 0.15) is 0 Å². The van der Waals surface area contributed by atoms with Crippen molar-refractivity contribution in [3.63, 3.8) is 0 Å². The standard InChI is InChI=1S/C24H35N3O2/c1-2-25(17-19-7-4-3-5-8-19)24(29)21-9-6-14-27(18-21)22-12-15-26(16-13-22)23(28)20-10-11-20/h3-5,7-8,20-22H,2,6,9-18H2,1H3/t21-/m1/s1. The number of piperidine rings is 2. The molecular formula is C24H35N3O2. The van der Waals surface area contributed by atoms with Gasteiger partial charge < -0.3 is 9.80 Å². The van der Waals surface area contributed by atoms with E-state index in [9.17, 15) is 9.59 Å². The third-order valence-electron chi connectivity index (χ3n) is 6.93. The second kappa shape index (κ2) is 9.29. The maximum Gasteiger partial charge on any atom is 0.227 e. The van der Waals surface area contributed by atoms with Crippen LogP contribution in [0.15, 0.2) is 30.3 Å². The smallest absolute Gasteiger partial charge is 0.227 e. The molecule has 4 rings (SSSR count). The zero-order valence-corrected chi connectivity index (χ0v) is 17.8. The van der Waals surface area contributed by atoms with E-state index in [1.807, 2.05) is 23.1 Å². The lowest BCUT2D eigenvalue weighted by atomic mass is 9.92. The van der Waals surface area contributed by atoms with Gasteiger partial charge in [-0.2, -0.15) is 0 Å². The first-order valence-electron chi connectivity index (χ1n) is 11.5. The fourth-order valence-corrected chi connectivity index (χ4v) is 4.99. The molecule has 3 aliphatic rings. The molecule has 3 fully saturated rings. The number of carbonyl (C=O) groups excluding carboxylic acids is 2. The molecule has 29 heavy (non-hydrogen) atoms. The highest BCUT2D eigenvalue weighted by Crippen LogP contribution is 2.33. The lowest BCUT2D eigenvalue weighted by Gasteiger charge is -2.42. The average molecular weight is 398 g/mol. The van der Waals surface area contributed by atoms with Gasteiger partial charge in [-0.1, -0.05) is 30.3 Å². The van der Waals surface area contributed by atoms with E-state index >= 15 is 0 Å². The summed E-state index contributed by atoms with van der Waals surface area (Å²) in [7, 11) is 0. The van der Waals surface area contributed by atoms with Crippen LogP contribution < -0.4 is 0 Å². The molecule has 0 bridgehead atoms. The van der Waals surface area contributed by atoms with Crippen LogP contribution in [0.25, 0.3) is 0 Å². The van der Waals surface area contributed by atoms with E-state index in [0.29, 0.717) is 30.3 Å². The first kappa shape index (κ1) is 20.4. The maximum absolute atomic E-state index is 13.2. The van der Waals surface area contributed by atoms with Gasteiger partial charge in [-0.05, 0) is 57.6 Å². The Labute approximate surface area is 175 Å². The summed E-state index contributed by atoms with van der Waals surface area (Å²) in [6.07, 6.45) is 6.39. The Morgan fingerprint density at radius 2 is 1.69 bits per heavy atom. The van der Waals surface area contributed by atoms with Crippen molar-refractivity contribution in [3.8, 4) is 0 Å². The van der Waals surface area contributed by atoms with Crippen LogP contribution in [-0.2, 0) is 16.1 Å². The van der Waals surface area contributed by atoms with Gasteiger partial charge in [0.15, 0.2) is 0 Å². The quantitative estimate of drug-likeness (QED) is 0.741. The Hall–Kier alpha value is -1.88. The molecule has 0 N–H and O–H groups in total. The van der Waals surface area contributed by atoms with Crippen LogP contribution in [0.4, 0.5) is 0 Å². The van der Waals surface area contributed by atoms with E-state index in [4.69, 9.17) is 0 Å². The summed E-state index contributed by atoms with van der Waals surface area (Å²) in [4.78, 5) is 32.2. The molecule has 1 aromatic carbocycles. The minimum Gasteiger partial charge on any atom is -0.342 e. The molecule has 2 heterocycles. The number of carbonyl (C=O) groups is 2. The van der Waals surface area contributed by atoms with Crippen molar-refractivity contribution < 1.29 is 9.59 Å². The van der Waals surface area contributed by atoms with Crippen molar-refractivity contribution >= 4 is 11.8 Å². The number of likely N-dealkylation sites (tertiary alicyclic amines) is 2. The second-order valence-corrected chi connectivity index (χ2v) is 9.00. The summed E-state index contributed by atoms with van der Waals surface area (Å²) in [5.74, 6) is 1.13. The number of rotatable bonds is 6. The van der Waals surface area contributed by atoms with Crippen molar-refractivity contribution in [1.29, 1.82) is 0 Å². The highest BCUT2D eigenvalue weighted by atomic mass is 16.2.